The third-order valence-corrected chi connectivity index (χ3v) is 5.88. The third-order valence-electron chi connectivity index (χ3n) is 3.81. The number of phosphoric acid groups is 4. The minimum absolute atomic E-state index is 0.255. The van der Waals surface area contributed by atoms with Crippen LogP contribution in [0.4, 0.5) is 0 Å². The van der Waals surface area contributed by atoms with Gasteiger partial charge in [0.2, 0.25) is 0 Å². The van der Waals surface area contributed by atoms with E-state index in [2.05, 4.69) is 18.1 Å². The van der Waals surface area contributed by atoms with Crippen molar-refractivity contribution in [1.82, 2.24) is 0 Å². The number of aliphatic hydroxyl groups is 1. The summed E-state index contributed by atoms with van der Waals surface area (Å²) >= 11 is 0. The normalized spacial score (nSPS) is 30.4. The lowest BCUT2D eigenvalue weighted by atomic mass is 9.85. The molecule has 1 rings (SSSR count). The molecule has 9 N–H and O–H groups in total. The Morgan fingerprint density at radius 2 is 0.906 bits per heavy atom. The van der Waals surface area contributed by atoms with Crippen LogP contribution in [-0.4, -0.2) is 87.5 Å². The van der Waals surface area contributed by atoms with Crippen LogP contribution in [0.15, 0.2) is 0 Å². The van der Waals surface area contributed by atoms with E-state index >= 15 is 0 Å². The molecule has 0 spiro atoms. The fraction of sp³-hybridized carbons (Fsp3) is 1.00. The lowest BCUT2D eigenvalue weighted by Crippen LogP contribution is -2.66. The lowest BCUT2D eigenvalue weighted by Gasteiger charge is -2.47. The maximum atomic E-state index is 11.4. The van der Waals surface area contributed by atoms with Crippen molar-refractivity contribution in [2.75, 3.05) is 6.61 Å². The minimum Gasteiger partial charge on any atom is -0.387 e. The van der Waals surface area contributed by atoms with E-state index in [1.54, 1.807) is 6.92 Å². The van der Waals surface area contributed by atoms with E-state index in [0.29, 0.717) is 6.42 Å². The molecule has 0 aromatic rings. The summed E-state index contributed by atoms with van der Waals surface area (Å²) in [5.41, 5.74) is 0. The Labute approximate surface area is 180 Å². The zero-order valence-electron chi connectivity index (χ0n) is 16.1. The molecule has 0 saturated heterocycles. The first-order chi connectivity index (χ1) is 14.2. The molecule has 22 heteroatoms. The van der Waals surface area contributed by atoms with Crippen LogP contribution in [0, 0.1) is 0 Å². The van der Waals surface area contributed by atoms with Gasteiger partial charge in [0.05, 0.1) is 0 Å². The van der Waals surface area contributed by atoms with Crippen molar-refractivity contribution in [2.45, 2.75) is 56.4 Å². The van der Waals surface area contributed by atoms with Gasteiger partial charge in [-0.1, -0.05) is 13.3 Å². The van der Waals surface area contributed by atoms with Gasteiger partial charge in [-0.25, -0.2) is 18.3 Å². The van der Waals surface area contributed by atoms with Crippen LogP contribution in [0.2, 0.25) is 0 Å². The summed E-state index contributed by atoms with van der Waals surface area (Å²) in [6.45, 7) is 1.45. The van der Waals surface area contributed by atoms with Crippen LogP contribution >= 0.6 is 31.3 Å². The summed E-state index contributed by atoms with van der Waals surface area (Å²) < 4.78 is 68.1. The van der Waals surface area contributed by atoms with Crippen LogP contribution in [0.5, 0.6) is 0 Å². The second kappa shape index (κ2) is 11.4. The van der Waals surface area contributed by atoms with Gasteiger partial charge in [-0.3, -0.25) is 18.1 Å². The van der Waals surface area contributed by atoms with Crippen molar-refractivity contribution >= 4 is 31.3 Å². The molecule has 192 valence electrons. The van der Waals surface area contributed by atoms with Crippen LogP contribution in [-0.2, 0) is 41.1 Å². The molecule has 0 radical (unpaired) electrons. The molecule has 1 aliphatic rings. The Balaban J connectivity index is 3.63. The quantitative estimate of drug-likeness (QED) is 0.0971. The molecule has 18 nitrogen and oxygen atoms in total. The molecule has 32 heavy (non-hydrogen) atoms. The highest BCUT2D eigenvalue weighted by Crippen LogP contribution is 2.53. The predicted octanol–water partition coefficient (Wildman–Crippen LogP) is -1.54. The molecule has 1 fully saturated rings. The molecule has 0 aromatic heterocycles. The summed E-state index contributed by atoms with van der Waals surface area (Å²) in [5, 5.41) is 10.5. The summed E-state index contributed by atoms with van der Waals surface area (Å²) in [4.78, 5) is 73.2. The topological polar surface area (TPSA) is 296 Å². The highest BCUT2D eigenvalue weighted by atomic mass is 31.2. The van der Waals surface area contributed by atoms with Crippen molar-refractivity contribution < 1.29 is 85.3 Å². The highest BCUT2D eigenvalue weighted by molar-refractivity contribution is 7.47. The molecule has 0 bridgehead atoms. The molecule has 1 saturated carbocycles. The van der Waals surface area contributed by atoms with E-state index in [4.69, 9.17) is 24.3 Å². The first-order valence-corrected chi connectivity index (χ1v) is 14.6. The zero-order chi connectivity index (χ0) is 25.1. The number of aliphatic hydroxyl groups excluding tert-OH is 1. The largest absolute Gasteiger partial charge is 0.470 e. The van der Waals surface area contributed by atoms with Gasteiger partial charge >= 0.3 is 31.3 Å². The van der Waals surface area contributed by atoms with E-state index in [1.165, 1.54) is 0 Å². The summed E-state index contributed by atoms with van der Waals surface area (Å²) in [6, 6.07) is 0. The van der Waals surface area contributed by atoms with Crippen LogP contribution in [0.3, 0.4) is 0 Å². The van der Waals surface area contributed by atoms with Gasteiger partial charge < -0.3 is 49.0 Å². The molecule has 0 amide bonds. The summed E-state index contributed by atoms with van der Waals surface area (Å²) in [6.07, 6.45) is -13.7. The first-order valence-electron chi connectivity index (χ1n) is 8.49. The maximum Gasteiger partial charge on any atom is 0.470 e. The fourth-order valence-corrected chi connectivity index (χ4v) is 5.04. The lowest BCUT2D eigenvalue weighted by molar-refractivity contribution is -0.222. The molecule has 0 heterocycles. The highest BCUT2D eigenvalue weighted by Gasteiger charge is 2.59. The van der Waals surface area contributed by atoms with Gasteiger partial charge in [0.15, 0.2) is 0 Å². The molecular weight excluding hydrogens is 532 g/mol. The van der Waals surface area contributed by atoms with Crippen molar-refractivity contribution in [1.29, 1.82) is 0 Å². The van der Waals surface area contributed by atoms with E-state index in [0.717, 1.165) is 0 Å². The smallest absolute Gasteiger partial charge is 0.387 e. The summed E-state index contributed by atoms with van der Waals surface area (Å²) in [7, 11) is -22.4. The number of rotatable bonds is 12. The summed E-state index contributed by atoms with van der Waals surface area (Å²) in [5.74, 6) is 0. The Hall–Kier alpha value is 0.360. The fourth-order valence-electron chi connectivity index (χ4n) is 2.81. The third kappa shape index (κ3) is 10.7. The molecule has 0 aliphatic heterocycles. The monoisotopic (exact) mass is 556 g/mol. The Morgan fingerprint density at radius 1 is 0.594 bits per heavy atom. The number of unbranched alkanes of at least 4 members (excludes halogenated alkanes) is 1. The van der Waals surface area contributed by atoms with E-state index in [-0.39, 0.29) is 13.0 Å². The van der Waals surface area contributed by atoms with Crippen molar-refractivity contribution in [3.05, 3.63) is 0 Å². The Morgan fingerprint density at radius 3 is 1.25 bits per heavy atom. The molecular formula is C10H24O18P4. The average Bonchev–Trinajstić information content (AvgIpc) is 2.53. The molecule has 0 aromatic carbocycles. The van der Waals surface area contributed by atoms with Gasteiger partial charge in [0, 0.05) is 6.61 Å². The Kier molecular flexibility index (Phi) is 10.8. The molecule has 6 atom stereocenters. The standard InChI is InChI=1S/C10H24O18P4/c1-2-3-4-24-6-5(11)7(25-29(12,13)14)9(27-31(18,19)20)10(28-32(21,22)23)8(6)26-30(15,16)17/h5-11H,2-4H2,1H3,(H2,12,13,14)(H2,15,16,17)(H2,18,19,20)(H2,21,22,23)/t5-,6+,7-,8-,9+,10+/m1/s1. The van der Waals surface area contributed by atoms with Gasteiger partial charge in [-0.15, -0.1) is 0 Å². The number of hydrogen-bond donors (Lipinski definition) is 9. The SMILES string of the molecule is CCCCO[C@H]1[C@@H](O)[C@@H](OP(=O)(O)O)[C@H](OP(=O)(O)O)[C@@H](OP(=O)(O)O)[C@@H]1OP(=O)(O)O. The zero-order valence-corrected chi connectivity index (χ0v) is 19.7. The minimum atomic E-state index is -5.66. The average molecular weight is 556 g/mol. The van der Waals surface area contributed by atoms with E-state index in [1.807, 2.05) is 0 Å². The van der Waals surface area contributed by atoms with Crippen LogP contribution < -0.4 is 0 Å². The maximum absolute atomic E-state index is 11.4. The predicted molar refractivity (Wildman–Crippen MR) is 98.3 cm³/mol. The number of phosphoric ester groups is 4. The second-order valence-corrected chi connectivity index (χ2v) is 11.2. The van der Waals surface area contributed by atoms with Gasteiger partial charge in [0.25, 0.3) is 0 Å². The molecule has 0 unspecified atom stereocenters. The van der Waals surface area contributed by atoms with Crippen molar-refractivity contribution in [3.8, 4) is 0 Å². The van der Waals surface area contributed by atoms with Gasteiger partial charge in [-0.05, 0) is 6.42 Å². The Bertz CT molecular complexity index is 794. The first kappa shape index (κ1) is 30.4. The van der Waals surface area contributed by atoms with Crippen molar-refractivity contribution in [2.24, 2.45) is 0 Å². The van der Waals surface area contributed by atoms with Crippen LogP contribution in [0.1, 0.15) is 19.8 Å². The van der Waals surface area contributed by atoms with E-state index in [9.17, 15) is 42.9 Å². The molecule has 1 aliphatic carbocycles. The number of hydrogen-bond acceptors (Lipinski definition) is 10. The van der Waals surface area contributed by atoms with Gasteiger partial charge in [0.1, 0.15) is 36.6 Å². The van der Waals surface area contributed by atoms with E-state index < -0.39 is 67.9 Å². The van der Waals surface area contributed by atoms with Gasteiger partial charge in [-0.2, -0.15) is 0 Å². The second-order valence-electron chi connectivity index (χ2n) is 6.42. The van der Waals surface area contributed by atoms with Crippen LogP contribution in [0.25, 0.3) is 0 Å². The van der Waals surface area contributed by atoms with Crippen molar-refractivity contribution in [3.63, 3.8) is 0 Å². The number of ether oxygens (including phenoxy) is 1.